The van der Waals surface area contributed by atoms with Crippen molar-refractivity contribution in [3.05, 3.63) is 34.1 Å². The third-order valence-electron chi connectivity index (χ3n) is 3.19. The first-order chi connectivity index (χ1) is 9.49. The van der Waals surface area contributed by atoms with E-state index < -0.39 is 11.8 Å². The van der Waals surface area contributed by atoms with Crippen LogP contribution in [0.3, 0.4) is 0 Å². The Kier molecular flexibility index (Phi) is 4.72. The Bertz CT molecular complexity index is 510. The van der Waals surface area contributed by atoms with Crippen LogP contribution in [0, 0.1) is 5.82 Å². The fourth-order valence-corrected chi connectivity index (χ4v) is 2.67. The first-order valence-electron chi connectivity index (χ1n) is 6.16. The molecule has 0 bridgehead atoms. The Morgan fingerprint density at radius 3 is 2.45 bits per heavy atom. The molecule has 0 unspecified atom stereocenters. The molecule has 1 heterocycles. The molecule has 2 rings (SSSR count). The van der Waals surface area contributed by atoms with E-state index in [0.29, 0.717) is 30.7 Å². The van der Waals surface area contributed by atoms with Gasteiger partial charge in [-0.1, -0.05) is 6.07 Å². The maximum absolute atomic E-state index is 13.7. The molecular formula is C13H14BrFN2O3. The Morgan fingerprint density at radius 1 is 1.25 bits per heavy atom. The molecule has 0 saturated carbocycles. The number of rotatable bonds is 3. The molecule has 0 aliphatic carbocycles. The summed E-state index contributed by atoms with van der Waals surface area (Å²) in [5, 5.41) is 8.71. The lowest BCUT2D eigenvalue weighted by molar-refractivity contribution is -0.138. The molecule has 20 heavy (non-hydrogen) atoms. The average Bonchev–Trinajstić information content (AvgIpc) is 2.38. The van der Waals surface area contributed by atoms with Crippen LogP contribution >= 0.6 is 15.9 Å². The van der Waals surface area contributed by atoms with Gasteiger partial charge < -0.3 is 10.0 Å². The van der Waals surface area contributed by atoms with Crippen molar-refractivity contribution in [1.82, 2.24) is 9.80 Å². The van der Waals surface area contributed by atoms with Crippen molar-refractivity contribution >= 4 is 27.8 Å². The van der Waals surface area contributed by atoms with Crippen molar-refractivity contribution < 1.29 is 19.1 Å². The summed E-state index contributed by atoms with van der Waals surface area (Å²) in [6.45, 7) is 1.71. The minimum absolute atomic E-state index is 0.0270. The topological polar surface area (TPSA) is 60.9 Å². The number of carboxylic acid groups (broad SMARTS) is 1. The van der Waals surface area contributed by atoms with Gasteiger partial charge in [-0.2, -0.15) is 0 Å². The molecule has 7 heteroatoms. The van der Waals surface area contributed by atoms with Crippen LogP contribution < -0.4 is 0 Å². The van der Waals surface area contributed by atoms with Crippen molar-refractivity contribution in [3.8, 4) is 0 Å². The molecule has 0 radical (unpaired) electrons. The largest absolute Gasteiger partial charge is 0.480 e. The summed E-state index contributed by atoms with van der Waals surface area (Å²) in [4.78, 5) is 26.2. The third kappa shape index (κ3) is 3.34. The second kappa shape index (κ2) is 6.32. The lowest BCUT2D eigenvalue weighted by Gasteiger charge is -2.34. The number of piperazine rings is 1. The van der Waals surface area contributed by atoms with Crippen LogP contribution in [0.1, 0.15) is 10.4 Å². The van der Waals surface area contributed by atoms with Gasteiger partial charge in [-0.05, 0) is 28.1 Å². The van der Waals surface area contributed by atoms with Gasteiger partial charge in [0, 0.05) is 30.7 Å². The average molecular weight is 345 g/mol. The minimum Gasteiger partial charge on any atom is -0.480 e. The van der Waals surface area contributed by atoms with Crippen LogP contribution in [-0.2, 0) is 4.79 Å². The number of hydrogen-bond acceptors (Lipinski definition) is 3. The van der Waals surface area contributed by atoms with Gasteiger partial charge in [-0.15, -0.1) is 0 Å². The normalized spacial score (nSPS) is 16.2. The van der Waals surface area contributed by atoms with Gasteiger partial charge in [0.2, 0.25) is 0 Å². The molecule has 0 atom stereocenters. The van der Waals surface area contributed by atoms with E-state index in [-0.39, 0.29) is 18.0 Å². The maximum Gasteiger partial charge on any atom is 0.317 e. The van der Waals surface area contributed by atoms with E-state index in [4.69, 9.17) is 5.11 Å². The van der Waals surface area contributed by atoms with Crippen LogP contribution in [0.2, 0.25) is 0 Å². The molecule has 108 valence electrons. The SMILES string of the molecule is O=C(O)CN1CCN(C(=O)c2c(F)cccc2Br)CC1. The number of aliphatic carboxylic acids is 1. The Morgan fingerprint density at radius 2 is 1.90 bits per heavy atom. The Hall–Kier alpha value is -1.47. The highest BCUT2D eigenvalue weighted by atomic mass is 79.9. The Labute approximate surface area is 124 Å². The van der Waals surface area contributed by atoms with Crippen LogP contribution in [0.4, 0.5) is 4.39 Å². The molecule has 1 aliphatic heterocycles. The lowest BCUT2D eigenvalue weighted by Crippen LogP contribution is -2.50. The van der Waals surface area contributed by atoms with Crippen LogP contribution in [0.25, 0.3) is 0 Å². The van der Waals surface area contributed by atoms with E-state index in [0.717, 1.165) is 0 Å². The summed E-state index contributed by atoms with van der Waals surface area (Å²) in [6, 6.07) is 4.40. The highest BCUT2D eigenvalue weighted by Crippen LogP contribution is 2.22. The monoisotopic (exact) mass is 344 g/mol. The maximum atomic E-state index is 13.7. The smallest absolute Gasteiger partial charge is 0.317 e. The number of benzene rings is 1. The number of amides is 1. The zero-order valence-electron chi connectivity index (χ0n) is 10.7. The van der Waals surface area contributed by atoms with Crippen molar-refractivity contribution in [1.29, 1.82) is 0 Å². The van der Waals surface area contributed by atoms with E-state index >= 15 is 0 Å². The summed E-state index contributed by atoms with van der Waals surface area (Å²) in [5.74, 6) is -1.82. The summed E-state index contributed by atoms with van der Waals surface area (Å²) >= 11 is 3.18. The number of carbonyl (C=O) groups is 2. The molecule has 1 aromatic rings. The zero-order chi connectivity index (χ0) is 14.7. The Balaban J connectivity index is 2.04. The van der Waals surface area contributed by atoms with Crippen molar-refractivity contribution in [2.75, 3.05) is 32.7 Å². The first-order valence-corrected chi connectivity index (χ1v) is 6.96. The third-order valence-corrected chi connectivity index (χ3v) is 3.86. The number of carbonyl (C=O) groups excluding carboxylic acids is 1. The molecule has 1 amide bonds. The van der Waals surface area contributed by atoms with Crippen molar-refractivity contribution in [2.24, 2.45) is 0 Å². The van der Waals surface area contributed by atoms with E-state index in [1.165, 1.54) is 12.1 Å². The van der Waals surface area contributed by atoms with Gasteiger partial charge in [0.15, 0.2) is 0 Å². The molecule has 1 aromatic carbocycles. The second-order valence-corrected chi connectivity index (χ2v) is 5.41. The predicted molar refractivity (Wildman–Crippen MR) is 74.1 cm³/mol. The number of halogens is 2. The molecule has 1 fully saturated rings. The van der Waals surface area contributed by atoms with Crippen molar-refractivity contribution in [3.63, 3.8) is 0 Å². The second-order valence-electron chi connectivity index (χ2n) is 4.56. The van der Waals surface area contributed by atoms with Gasteiger partial charge in [0.05, 0.1) is 12.1 Å². The van der Waals surface area contributed by atoms with E-state index in [1.54, 1.807) is 15.9 Å². The fourth-order valence-electron chi connectivity index (χ4n) is 2.16. The van der Waals surface area contributed by atoms with E-state index in [1.807, 2.05) is 0 Å². The summed E-state index contributed by atoms with van der Waals surface area (Å²) in [7, 11) is 0. The molecular weight excluding hydrogens is 331 g/mol. The van der Waals surface area contributed by atoms with Gasteiger partial charge in [-0.3, -0.25) is 14.5 Å². The number of hydrogen-bond donors (Lipinski definition) is 1. The fraction of sp³-hybridized carbons (Fsp3) is 0.385. The number of nitrogens with zero attached hydrogens (tertiary/aromatic N) is 2. The summed E-state index contributed by atoms with van der Waals surface area (Å²) in [6.07, 6.45) is 0. The number of carboxylic acids is 1. The molecule has 0 spiro atoms. The quantitative estimate of drug-likeness (QED) is 0.901. The lowest BCUT2D eigenvalue weighted by atomic mass is 10.1. The standard InChI is InChI=1S/C13H14BrFN2O3/c14-9-2-1-3-10(15)12(9)13(20)17-6-4-16(5-7-17)8-11(18)19/h1-3H,4-8H2,(H,18,19). The first kappa shape index (κ1) is 14.9. The van der Waals surface area contributed by atoms with Gasteiger partial charge >= 0.3 is 5.97 Å². The molecule has 1 aliphatic rings. The molecule has 1 N–H and O–H groups in total. The van der Waals surface area contributed by atoms with E-state index in [9.17, 15) is 14.0 Å². The van der Waals surface area contributed by atoms with Crippen LogP contribution in [0.5, 0.6) is 0 Å². The molecule has 5 nitrogen and oxygen atoms in total. The van der Waals surface area contributed by atoms with Gasteiger partial charge in [0.25, 0.3) is 5.91 Å². The zero-order valence-corrected chi connectivity index (χ0v) is 12.3. The highest BCUT2D eigenvalue weighted by molar-refractivity contribution is 9.10. The predicted octanol–water partition coefficient (Wildman–Crippen LogP) is 1.43. The van der Waals surface area contributed by atoms with Gasteiger partial charge in [0.1, 0.15) is 5.82 Å². The minimum atomic E-state index is -0.887. The molecule has 1 saturated heterocycles. The highest BCUT2D eigenvalue weighted by Gasteiger charge is 2.26. The summed E-state index contributed by atoms with van der Waals surface area (Å²) < 4.78 is 14.2. The van der Waals surface area contributed by atoms with E-state index in [2.05, 4.69) is 15.9 Å². The van der Waals surface area contributed by atoms with Crippen LogP contribution in [-0.4, -0.2) is 59.5 Å². The summed E-state index contributed by atoms with van der Waals surface area (Å²) in [5.41, 5.74) is 0.0270. The molecule has 0 aromatic heterocycles. The van der Waals surface area contributed by atoms with Crippen molar-refractivity contribution in [2.45, 2.75) is 0 Å². The van der Waals surface area contributed by atoms with Crippen LogP contribution in [0.15, 0.2) is 22.7 Å². The van der Waals surface area contributed by atoms with Gasteiger partial charge in [-0.25, -0.2) is 4.39 Å².